The number of thiophene rings is 1. The van der Waals surface area contributed by atoms with Crippen LogP contribution in [0.3, 0.4) is 0 Å². The Hall–Kier alpha value is -2.40. The van der Waals surface area contributed by atoms with Crippen molar-refractivity contribution in [1.82, 2.24) is 5.32 Å². The molecule has 0 spiro atoms. The van der Waals surface area contributed by atoms with Crippen molar-refractivity contribution in [2.45, 2.75) is 71.4 Å². The summed E-state index contributed by atoms with van der Waals surface area (Å²) in [5.41, 5.74) is 0.0915. The number of carbonyl (C=O) groups excluding carboxylic acids is 3. The van der Waals surface area contributed by atoms with Crippen LogP contribution in [0, 0.1) is 25.2 Å². The molecule has 0 bridgehead atoms. The fourth-order valence-corrected chi connectivity index (χ4v) is 4.25. The highest BCUT2D eigenvalue weighted by molar-refractivity contribution is 7.16. The first kappa shape index (κ1) is 20.9. The molecule has 1 saturated carbocycles. The van der Waals surface area contributed by atoms with Gasteiger partial charge in [-0.05, 0) is 39.2 Å². The van der Waals surface area contributed by atoms with Crippen LogP contribution in [0.2, 0.25) is 0 Å². The second kappa shape index (κ2) is 8.53. The van der Waals surface area contributed by atoms with Gasteiger partial charge in [-0.3, -0.25) is 9.59 Å². The van der Waals surface area contributed by atoms with Gasteiger partial charge in [0.1, 0.15) is 10.5 Å². The average Bonchev–Trinajstić information content (AvgIpc) is 2.88. The number of amides is 2. The SMILES string of the molecule is CC(=O)Nc1sc(C)c(C)c1C(=O)O[C@@H](C)C(=O)NC1(C#N)CCCCC1. The molecule has 8 heteroatoms. The Kier molecular flexibility index (Phi) is 6.60. The molecule has 1 aromatic heterocycles. The minimum Gasteiger partial charge on any atom is -0.449 e. The standard InChI is InChI=1S/C19H25N3O4S/c1-11-13(3)27-17(21-14(4)23)15(11)18(25)26-12(2)16(24)22-19(10-20)8-6-5-7-9-19/h12H,5-9H2,1-4H3,(H,21,23)(H,22,24)/t12-/m0/s1. The third-order valence-electron chi connectivity index (χ3n) is 4.82. The largest absolute Gasteiger partial charge is 0.449 e. The van der Waals surface area contributed by atoms with E-state index in [2.05, 4.69) is 16.7 Å². The van der Waals surface area contributed by atoms with E-state index in [1.165, 1.54) is 25.2 Å². The molecule has 1 fully saturated rings. The Morgan fingerprint density at radius 3 is 2.41 bits per heavy atom. The highest BCUT2D eigenvalue weighted by Gasteiger charge is 2.36. The number of aryl methyl sites for hydroxylation is 1. The fraction of sp³-hybridized carbons (Fsp3) is 0.579. The maximum Gasteiger partial charge on any atom is 0.342 e. The van der Waals surface area contributed by atoms with Gasteiger partial charge in [-0.2, -0.15) is 5.26 Å². The zero-order chi connectivity index (χ0) is 20.2. The first-order valence-electron chi connectivity index (χ1n) is 9.01. The van der Waals surface area contributed by atoms with Crippen LogP contribution >= 0.6 is 11.3 Å². The maximum atomic E-state index is 12.6. The van der Waals surface area contributed by atoms with E-state index < -0.39 is 23.5 Å². The quantitative estimate of drug-likeness (QED) is 0.749. The van der Waals surface area contributed by atoms with Gasteiger partial charge >= 0.3 is 5.97 Å². The summed E-state index contributed by atoms with van der Waals surface area (Å²) in [7, 11) is 0. The second-order valence-corrected chi connectivity index (χ2v) is 8.18. The minimum absolute atomic E-state index is 0.264. The number of rotatable bonds is 5. The molecule has 1 atom stereocenters. The number of nitriles is 1. The zero-order valence-electron chi connectivity index (χ0n) is 16.1. The summed E-state index contributed by atoms with van der Waals surface area (Å²) < 4.78 is 5.34. The third-order valence-corrected chi connectivity index (χ3v) is 5.94. The van der Waals surface area contributed by atoms with Crippen LogP contribution in [0.25, 0.3) is 0 Å². The van der Waals surface area contributed by atoms with Crippen LogP contribution in [0.1, 0.15) is 66.8 Å². The van der Waals surface area contributed by atoms with Gasteiger partial charge in [0.15, 0.2) is 6.10 Å². The summed E-state index contributed by atoms with van der Waals surface area (Å²) in [6, 6.07) is 2.21. The summed E-state index contributed by atoms with van der Waals surface area (Å²) in [6.45, 7) is 6.46. The molecule has 0 radical (unpaired) electrons. The van der Waals surface area contributed by atoms with Crippen LogP contribution in [0.5, 0.6) is 0 Å². The van der Waals surface area contributed by atoms with E-state index in [1.807, 2.05) is 6.92 Å². The Morgan fingerprint density at radius 2 is 1.85 bits per heavy atom. The van der Waals surface area contributed by atoms with E-state index >= 15 is 0 Å². The summed E-state index contributed by atoms with van der Waals surface area (Å²) in [5.74, 6) is -1.44. The average molecular weight is 391 g/mol. The lowest BCUT2D eigenvalue weighted by Crippen LogP contribution is -2.52. The van der Waals surface area contributed by atoms with Crippen molar-refractivity contribution in [2.24, 2.45) is 0 Å². The third kappa shape index (κ3) is 4.86. The summed E-state index contributed by atoms with van der Waals surface area (Å²) >= 11 is 1.29. The van der Waals surface area contributed by atoms with E-state index in [4.69, 9.17) is 4.74 Å². The van der Waals surface area contributed by atoms with Gasteiger partial charge < -0.3 is 15.4 Å². The number of esters is 1. The summed E-state index contributed by atoms with van der Waals surface area (Å²) in [4.78, 5) is 37.4. The van der Waals surface area contributed by atoms with Crippen LogP contribution in [-0.2, 0) is 14.3 Å². The zero-order valence-corrected chi connectivity index (χ0v) is 16.9. The lowest BCUT2D eigenvalue weighted by atomic mass is 9.83. The second-order valence-electron chi connectivity index (χ2n) is 6.96. The van der Waals surface area contributed by atoms with Gasteiger partial charge in [0.05, 0.1) is 11.6 Å². The molecule has 2 N–H and O–H groups in total. The molecular formula is C19H25N3O4S. The van der Waals surface area contributed by atoms with E-state index in [0.717, 1.165) is 24.1 Å². The monoisotopic (exact) mass is 391 g/mol. The van der Waals surface area contributed by atoms with Gasteiger partial charge in [0.2, 0.25) is 5.91 Å². The molecule has 0 unspecified atom stereocenters. The smallest absolute Gasteiger partial charge is 0.342 e. The van der Waals surface area contributed by atoms with E-state index in [1.54, 1.807) is 6.92 Å². The lowest BCUT2D eigenvalue weighted by Gasteiger charge is -2.32. The number of ether oxygens (including phenoxy) is 1. The molecule has 1 aliphatic rings. The molecular weight excluding hydrogens is 366 g/mol. The molecule has 27 heavy (non-hydrogen) atoms. The van der Waals surface area contributed by atoms with Crippen molar-refractivity contribution in [1.29, 1.82) is 5.26 Å². The number of nitrogens with one attached hydrogen (secondary N) is 2. The Balaban J connectivity index is 2.10. The van der Waals surface area contributed by atoms with Crippen molar-refractivity contribution in [3.8, 4) is 6.07 Å². The molecule has 1 heterocycles. The number of anilines is 1. The van der Waals surface area contributed by atoms with Crippen LogP contribution in [0.15, 0.2) is 0 Å². The van der Waals surface area contributed by atoms with E-state index in [-0.39, 0.29) is 11.5 Å². The molecule has 146 valence electrons. The predicted molar refractivity (Wildman–Crippen MR) is 103 cm³/mol. The highest BCUT2D eigenvalue weighted by atomic mass is 32.1. The molecule has 0 aromatic carbocycles. The molecule has 7 nitrogen and oxygen atoms in total. The van der Waals surface area contributed by atoms with E-state index in [0.29, 0.717) is 23.4 Å². The maximum absolute atomic E-state index is 12.6. The van der Waals surface area contributed by atoms with Crippen molar-refractivity contribution in [3.05, 3.63) is 16.0 Å². The Labute approximate surface area is 163 Å². The normalized spacial score (nSPS) is 16.7. The van der Waals surface area contributed by atoms with Crippen LogP contribution in [0.4, 0.5) is 5.00 Å². The number of hydrogen-bond donors (Lipinski definition) is 2. The molecule has 1 aromatic rings. The van der Waals surface area contributed by atoms with Gasteiger partial charge in [0, 0.05) is 11.8 Å². The van der Waals surface area contributed by atoms with Gasteiger partial charge in [0.25, 0.3) is 5.91 Å². The number of nitrogens with zero attached hydrogens (tertiary/aromatic N) is 1. The fourth-order valence-electron chi connectivity index (χ4n) is 3.15. The first-order valence-corrected chi connectivity index (χ1v) is 9.82. The van der Waals surface area contributed by atoms with Crippen molar-refractivity contribution in [2.75, 3.05) is 5.32 Å². The highest BCUT2D eigenvalue weighted by Crippen LogP contribution is 2.33. The number of hydrogen-bond acceptors (Lipinski definition) is 6. The van der Waals surface area contributed by atoms with Gasteiger partial charge in [-0.25, -0.2) is 4.79 Å². The first-order chi connectivity index (χ1) is 12.7. The predicted octanol–water partition coefficient (Wildman–Crippen LogP) is 3.21. The molecule has 0 aliphatic heterocycles. The topological polar surface area (TPSA) is 108 Å². The van der Waals surface area contributed by atoms with Crippen LogP contribution < -0.4 is 10.6 Å². The minimum atomic E-state index is -1.05. The molecule has 2 amide bonds. The molecule has 2 rings (SSSR count). The van der Waals surface area contributed by atoms with Crippen molar-refractivity contribution < 1.29 is 19.1 Å². The summed E-state index contributed by atoms with van der Waals surface area (Å²) in [6.07, 6.45) is 2.98. The van der Waals surface area contributed by atoms with Crippen molar-refractivity contribution >= 4 is 34.1 Å². The van der Waals surface area contributed by atoms with Gasteiger partial charge in [-0.1, -0.05) is 19.3 Å². The molecule has 1 aliphatic carbocycles. The summed E-state index contributed by atoms with van der Waals surface area (Å²) in [5, 5.41) is 15.3. The Morgan fingerprint density at radius 1 is 1.22 bits per heavy atom. The number of carbonyl (C=O) groups is 3. The Bertz CT molecular complexity index is 788. The van der Waals surface area contributed by atoms with Crippen molar-refractivity contribution in [3.63, 3.8) is 0 Å². The van der Waals surface area contributed by atoms with E-state index in [9.17, 15) is 19.6 Å². The van der Waals surface area contributed by atoms with Gasteiger partial charge in [-0.15, -0.1) is 11.3 Å². The van der Waals surface area contributed by atoms with Crippen LogP contribution in [-0.4, -0.2) is 29.4 Å². The molecule has 0 saturated heterocycles. The lowest BCUT2D eigenvalue weighted by molar-refractivity contribution is -0.130.